The third-order valence-electron chi connectivity index (χ3n) is 2.54. The molecule has 2 rings (SSSR count). The lowest BCUT2D eigenvalue weighted by Crippen LogP contribution is -2.46. The highest BCUT2D eigenvalue weighted by molar-refractivity contribution is 7.89. The van der Waals surface area contributed by atoms with Gasteiger partial charge in [0.05, 0.1) is 31.7 Å². The average Bonchev–Trinajstić information content (AvgIpc) is 2.39. The zero-order valence-corrected chi connectivity index (χ0v) is 10.9. The Morgan fingerprint density at radius 2 is 2.17 bits per heavy atom. The van der Waals surface area contributed by atoms with Crippen LogP contribution < -0.4 is 0 Å². The standard InChI is InChI=1S/C9H12ClN3O4S/c10-9-11-3-8(4-12-9)18(15,16)13-1-2-17-7(5-13)6-14/h3-4,7,14H,1-2,5-6H2. The van der Waals surface area contributed by atoms with Crippen molar-refractivity contribution in [2.45, 2.75) is 11.0 Å². The van der Waals surface area contributed by atoms with Crippen LogP contribution in [0, 0.1) is 0 Å². The zero-order chi connectivity index (χ0) is 13.2. The van der Waals surface area contributed by atoms with Crippen LogP contribution in [0.5, 0.6) is 0 Å². The van der Waals surface area contributed by atoms with E-state index in [9.17, 15) is 8.42 Å². The van der Waals surface area contributed by atoms with Crippen LogP contribution in [-0.2, 0) is 14.8 Å². The Kier molecular flexibility index (Phi) is 4.13. The van der Waals surface area contributed by atoms with E-state index in [4.69, 9.17) is 21.4 Å². The third kappa shape index (κ3) is 2.78. The summed E-state index contributed by atoms with van der Waals surface area (Å²) in [4.78, 5) is 7.27. The van der Waals surface area contributed by atoms with E-state index in [1.807, 2.05) is 0 Å². The molecule has 0 bridgehead atoms. The fourth-order valence-electron chi connectivity index (χ4n) is 1.60. The van der Waals surface area contributed by atoms with Crippen molar-refractivity contribution in [2.75, 3.05) is 26.3 Å². The van der Waals surface area contributed by atoms with Crippen molar-refractivity contribution in [2.24, 2.45) is 0 Å². The monoisotopic (exact) mass is 293 g/mol. The smallest absolute Gasteiger partial charge is 0.246 e. The van der Waals surface area contributed by atoms with Crippen molar-refractivity contribution in [3.63, 3.8) is 0 Å². The summed E-state index contributed by atoms with van der Waals surface area (Å²) in [5.41, 5.74) is 0. The number of ether oxygens (including phenoxy) is 1. The fourth-order valence-corrected chi connectivity index (χ4v) is 3.05. The Morgan fingerprint density at radius 3 is 2.78 bits per heavy atom. The van der Waals surface area contributed by atoms with E-state index in [1.165, 1.54) is 4.31 Å². The van der Waals surface area contributed by atoms with Gasteiger partial charge in [-0.25, -0.2) is 18.4 Å². The van der Waals surface area contributed by atoms with Gasteiger partial charge >= 0.3 is 0 Å². The van der Waals surface area contributed by atoms with E-state index in [0.717, 1.165) is 12.4 Å². The highest BCUT2D eigenvalue weighted by atomic mass is 35.5. The van der Waals surface area contributed by atoms with Crippen LogP contribution in [0.15, 0.2) is 17.3 Å². The minimum atomic E-state index is -3.66. The first kappa shape index (κ1) is 13.6. The number of aliphatic hydroxyl groups excluding tert-OH is 1. The highest BCUT2D eigenvalue weighted by Gasteiger charge is 2.30. The van der Waals surface area contributed by atoms with E-state index in [0.29, 0.717) is 0 Å². The van der Waals surface area contributed by atoms with Crippen molar-refractivity contribution in [3.8, 4) is 0 Å². The zero-order valence-electron chi connectivity index (χ0n) is 9.36. The SMILES string of the molecule is O=S(=O)(c1cnc(Cl)nc1)N1CCOC(CO)C1. The average molecular weight is 294 g/mol. The van der Waals surface area contributed by atoms with E-state index < -0.39 is 16.1 Å². The minimum absolute atomic E-state index is 0.0100. The largest absolute Gasteiger partial charge is 0.394 e. The van der Waals surface area contributed by atoms with Gasteiger partial charge in [0.1, 0.15) is 4.90 Å². The van der Waals surface area contributed by atoms with Gasteiger partial charge in [-0.1, -0.05) is 0 Å². The molecule has 1 atom stereocenters. The molecule has 1 unspecified atom stereocenters. The highest BCUT2D eigenvalue weighted by Crippen LogP contribution is 2.17. The lowest BCUT2D eigenvalue weighted by atomic mass is 10.3. The maximum absolute atomic E-state index is 12.2. The van der Waals surface area contributed by atoms with Crippen molar-refractivity contribution in [1.82, 2.24) is 14.3 Å². The molecule has 0 aromatic carbocycles. The summed E-state index contributed by atoms with van der Waals surface area (Å²) >= 11 is 5.51. The lowest BCUT2D eigenvalue weighted by Gasteiger charge is -2.30. The topological polar surface area (TPSA) is 92.6 Å². The summed E-state index contributed by atoms with van der Waals surface area (Å²) in [6.07, 6.45) is 1.82. The summed E-state index contributed by atoms with van der Waals surface area (Å²) < 4.78 is 30.9. The second-order valence-corrected chi connectivity index (χ2v) is 6.00. The van der Waals surface area contributed by atoms with Gasteiger partial charge in [-0.15, -0.1) is 0 Å². The van der Waals surface area contributed by atoms with E-state index in [-0.39, 0.29) is 36.5 Å². The molecule has 9 heteroatoms. The van der Waals surface area contributed by atoms with Crippen molar-refractivity contribution in [3.05, 3.63) is 17.7 Å². The molecule has 1 fully saturated rings. The summed E-state index contributed by atoms with van der Waals surface area (Å²) in [5, 5.41) is 8.98. The maximum Gasteiger partial charge on any atom is 0.246 e. The van der Waals surface area contributed by atoms with Gasteiger partial charge in [-0.3, -0.25) is 0 Å². The molecule has 1 saturated heterocycles. The maximum atomic E-state index is 12.2. The lowest BCUT2D eigenvalue weighted by molar-refractivity contribution is -0.0304. The summed E-state index contributed by atoms with van der Waals surface area (Å²) in [5.74, 6) is 0. The number of aliphatic hydroxyl groups is 1. The number of aromatic nitrogens is 2. The quantitative estimate of drug-likeness (QED) is 0.756. The molecule has 100 valence electrons. The molecule has 2 heterocycles. The van der Waals surface area contributed by atoms with Gasteiger partial charge in [0.15, 0.2) is 0 Å². The Balaban J connectivity index is 2.22. The van der Waals surface area contributed by atoms with Gasteiger partial charge in [-0.05, 0) is 11.6 Å². The number of halogens is 1. The van der Waals surface area contributed by atoms with Crippen LogP contribution in [0.4, 0.5) is 0 Å². The molecule has 0 amide bonds. The second kappa shape index (κ2) is 5.45. The molecule has 0 radical (unpaired) electrons. The molecule has 18 heavy (non-hydrogen) atoms. The predicted octanol–water partition coefficient (Wildman–Crippen LogP) is -0.488. The van der Waals surface area contributed by atoms with Crippen LogP contribution in [-0.4, -0.2) is 60.2 Å². The van der Waals surface area contributed by atoms with Crippen LogP contribution in [0.2, 0.25) is 5.28 Å². The molecule has 1 aromatic heterocycles. The van der Waals surface area contributed by atoms with Gasteiger partial charge in [-0.2, -0.15) is 4.31 Å². The Morgan fingerprint density at radius 1 is 1.50 bits per heavy atom. The molecule has 1 aromatic rings. The molecule has 0 saturated carbocycles. The molecule has 1 N–H and O–H groups in total. The first-order valence-electron chi connectivity index (χ1n) is 5.24. The van der Waals surface area contributed by atoms with Crippen molar-refractivity contribution >= 4 is 21.6 Å². The number of rotatable bonds is 3. The fraction of sp³-hybridized carbons (Fsp3) is 0.556. The van der Waals surface area contributed by atoms with Crippen LogP contribution in [0.25, 0.3) is 0 Å². The van der Waals surface area contributed by atoms with Crippen molar-refractivity contribution in [1.29, 1.82) is 0 Å². The molecule has 7 nitrogen and oxygen atoms in total. The van der Waals surface area contributed by atoms with Crippen LogP contribution in [0.1, 0.15) is 0 Å². The van der Waals surface area contributed by atoms with Gasteiger partial charge in [0.2, 0.25) is 15.3 Å². The van der Waals surface area contributed by atoms with E-state index in [1.54, 1.807) is 0 Å². The predicted molar refractivity (Wildman–Crippen MR) is 62.6 cm³/mol. The first-order chi connectivity index (χ1) is 8.54. The van der Waals surface area contributed by atoms with Gasteiger partial charge < -0.3 is 9.84 Å². The third-order valence-corrected chi connectivity index (χ3v) is 4.55. The number of nitrogens with zero attached hydrogens (tertiary/aromatic N) is 3. The molecule has 1 aliphatic heterocycles. The van der Waals surface area contributed by atoms with Gasteiger partial charge in [0, 0.05) is 13.1 Å². The van der Waals surface area contributed by atoms with E-state index in [2.05, 4.69) is 9.97 Å². The number of morpholine rings is 1. The minimum Gasteiger partial charge on any atom is -0.394 e. The number of hydrogen-bond acceptors (Lipinski definition) is 6. The summed E-state index contributed by atoms with van der Waals surface area (Å²) in [6, 6.07) is 0. The van der Waals surface area contributed by atoms with Gasteiger partial charge in [0.25, 0.3) is 0 Å². The van der Waals surface area contributed by atoms with Crippen molar-refractivity contribution < 1.29 is 18.3 Å². The van der Waals surface area contributed by atoms with Crippen LogP contribution >= 0.6 is 11.6 Å². The van der Waals surface area contributed by atoms with Crippen LogP contribution in [0.3, 0.4) is 0 Å². The first-order valence-corrected chi connectivity index (χ1v) is 7.06. The Labute approximate surface area is 109 Å². The molecule has 1 aliphatic rings. The Bertz CT molecular complexity index is 507. The summed E-state index contributed by atoms with van der Waals surface area (Å²) in [7, 11) is -3.66. The Hall–Kier alpha value is -0.800. The normalized spacial score (nSPS) is 22.0. The molecule has 0 spiro atoms. The number of sulfonamides is 1. The van der Waals surface area contributed by atoms with E-state index >= 15 is 0 Å². The number of hydrogen-bond donors (Lipinski definition) is 1. The molecular weight excluding hydrogens is 282 g/mol. The molecule has 0 aliphatic carbocycles. The second-order valence-electron chi connectivity index (χ2n) is 3.73. The summed E-state index contributed by atoms with van der Waals surface area (Å²) in [6.45, 7) is 0.380. The molecular formula is C9H12ClN3O4S.